The Balaban J connectivity index is 1.66. The minimum absolute atomic E-state index is 0.0311. The van der Waals surface area contributed by atoms with E-state index in [9.17, 15) is 19.5 Å². The quantitative estimate of drug-likeness (QED) is 0.611. The van der Waals surface area contributed by atoms with Crippen LogP contribution < -0.4 is 9.47 Å². The maximum atomic E-state index is 12.8. The smallest absolute Gasteiger partial charge is 0.293 e. The number of benzene rings is 1. The fourth-order valence-corrected chi connectivity index (χ4v) is 4.76. The fraction of sp³-hybridized carbons (Fsp3) is 0.500. The number of likely N-dealkylation sites (tertiary alicyclic amines) is 1. The highest BCUT2D eigenvalue weighted by Gasteiger charge is 2.36. The zero-order chi connectivity index (χ0) is 22.4. The summed E-state index contributed by atoms with van der Waals surface area (Å²) in [7, 11) is 3.07. The molecule has 2 saturated heterocycles. The molecule has 0 spiro atoms. The summed E-state index contributed by atoms with van der Waals surface area (Å²) in [6.45, 7) is 0.739. The van der Waals surface area contributed by atoms with Gasteiger partial charge in [0.2, 0.25) is 5.91 Å². The second kappa shape index (κ2) is 10.7. The van der Waals surface area contributed by atoms with Crippen LogP contribution in [0.25, 0.3) is 6.08 Å². The molecule has 2 aliphatic heterocycles. The van der Waals surface area contributed by atoms with Crippen LogP contribution >= 0.6 is 11.8 Å². The number of amides is 3. The summed E-state index contributed by atoms with van der Waals surface area (Å²) >= 11 is 0.855. The van der Waals surface area contributed by atoms with Gasteiger partial charge in [-0.15, -0.1) is 0 Å². The summed E-state index contributed by atoms with van der Waals surface area (Å²) in [5, 5.41) is 8.86. The Labute approximate surface area is 186 Å². The SMILES string of the molecule is COc1ccc(C=C2SC(=O)N(CCC(=O)N3CCCCC3CCO)C2=O)c(OC)c1. The van der Waals surface area contributed by atoms with Gasteiger partial charge in [-0.1, -0.05) is 0 Å². The molecule has 2 fully saturated rings. The van der Waals surface area contributed by atoms with E-state index in [0.717, 1.165) is 35.9 Å². The predicted octanol–water partition coefficient (Wildman–Crippen LogP) is 2.89. The van der Waals surface area contributed by atoms with Crippen LogP contribution in [0, 0.1) is 0 Å². The molecule has 1 N–H and O–H groups in total. The van der Waals surface area contributed by atoms with Crippen molar-refractivity contribution in [3.05, 3.63) is 28.7 Å². The lowest BCUT2D eigenvalue weighted by Gasteiger charge is -2.36. The first-order valence-corrected chi connectivity index (χ1v) is 11.2. The van der Waals surface area contributed by atoms with Gasteiger partial charge < -0.3 is 19.5 Å². The molecule has 0 radical (unpaired) electrons. The van der Waals surface area contributed by atoms with Crippen LogP contribution in [-0.2, 0) is 9.59 Å². The average Bonchev–Trinajstić information content (AvgIpc) is 3.05. The molecule has 9 heteroatoms. The number of ether oxygens (including phenoxy) is 2. The van der Waals surface area contributed by atoms with Crippen LogP contribution in [0.2, 0.25) is 0 Å². The van der Waals surface area contributed by atoms with Crippen molar-refractivity contribution < 1.29 is 29.0 Å². The van der Waals surface area contributed by atoms with E-state index in [1.54, 1.807) is 36.3 Å². The van der Waals surface area contributed by atoms with Gasteiger partial charge in [-0.3, -0.25) is 19.3 Å². The lowest BCUT2D eigenvalue weighted by molar-refractivity contribution is -0.135. The number of hydrogen-bond donors (Lipinski definition) is 1. The molecule has 2 aliphatic rings. The number of piperidine rings is 1. The molecule has 1 aromatic carbocycles. The third kappa shape index (κ3) is 5.40. The highest BCUT2D eigenvalue weighted by atomic mass is 32.2. The normalized spacial score (nSPS) is 20.5. The molecular formula is C22H28N2O6S. The minimum atomic E-state index is -0.411. The van der Waals surface area contributed by atoms with Crippen LogP contribution in [-0.4, -0.2) is 71.9 Å². The number of thioether (sulfide) groups is 1. The van der Waals surface area contributed by atoms with Crippen molar-refractivity contribution in [2.75, 3.05) is 33.9 Å². The Morgan fingerprint density at radius 3 is 2.77 bits per heavy atom. The maximum absolute atomic E-state index is 12.8. The van der Waals surface area contributed by atoms with E-state index < -0.39 is 5.91 Å². The van der Waals surface area contributed by atoms with Gasteiger partial charge in [0.15, 0.2) is 0 Å². The van der Waals surface area contributed by atoms with Gasteiger partial charge in [-0.25, -0.2) is 0 Å². The Kier molecular flexibility index (Phi) is 7.97. The lowest BCUT2D eigenvalue weighted by atomic mass is 9.99. The van der Waals surface area contributed by atoms with E-state index in [1.807, 2.05) is 0 Å². The summed E-state index contributed by atoms with van der Waals surface area (Å²) in [5.74, 6) is 0.656. The highest BCUT2D eigenvalue weighted by molar-refractivity contribution is 8.18. The van der Waals surface area contributed by atoms with E-state index in [0.29, 0.717) is 30.0 Å². The number of aliphatic hydroxyl groups excluding tert-OH is 1. The first-order chi connectivity index (χ1) is 15.0. The monoisotopic (exact) mass is 448 g/mol. The number of carbonyl (C=O) groups is 3. The van der Waals surface area contributed by atoms with E-state index in [4.69, 9.17) is 9.47 Å². The number of carbonyl (C=O) groups excluding carboxylic acids is 3. The zero-order valence-corrected chi connectivity index (χ0v) is 18.7. The Hall–Kier alpha value is -2.52. The molecule has 168 valence electrons. The van der Waals surface area contributed by atoms with Gasteiger partial charge in [0.05, 0.1) is 19.1 Å². The molecule has 2 heterocycles. The van der Waals surface area contributed by atoms with Crippen molar-refractivity contribution in [2.45, 2.75) is 38.1 Å². The summed E-state index contributed by atoms with van der Waals surface area (Å²) < 4.78 is 10.5. The van der Waals surface area contributed by atoms with Gasteiger partial charge in [0.25, 0.3) is 11.1 Å². The molecule has 8 nitrogen and oxygen atoms in total. The van der Waals surface area contributed by atoms with Crippen molar-refractivity contribution in [2.24, 2.45) is 0 Å². The molecule has 0 aliphatic carbocycles. The van der Waals surface area contributed by atoms with E-state index in [-0.39, 0.29) is 41.7 Å². The van der Waals surface area contributed by atoms with Crippen molar-refractivity contribution in [3.8, 4) is 11.5 Å². The summed E-state index contributed by atoms with van der Waals surface area (Å²) in [5.41, 5.74) is 0.657. The summed E-state index contributed by atoms with van der Waals surface area (Å²) in [6.07, 6.45) is 5.10. The van der Waals surface area contributed by atoms with Gasteiger partial charge in [0, 0.05) is 43.8 Å². The van der Waals surface area contributed by atoms with Gasteiger partial charge in [-0.05, 0) is 55.7 Å². The van der Waals surface area contributed by atoms with E-state index in [1.165, 1.54) is 7.11 Å². The third-order valence-electron chi connectivity index (χ3n) is 5.56. The van der Waals surface area contributed by atoms with Crippen LogP contribution in [0.4, 0.5) is 4.79 Å². The van der Waals surface area contributed by atoms with Crippen LogP contribution in [0.15, 0.2) is 23.1 Å². The first kappa shape index (κ1) is 23.1. The van der Waals surface area contributed by atoms with Crippen LogP contribution in [0.3, 0.4) is 0 Å². The number of rotatable bonds is 8. The molecule has 3 rings (SSSR count). The second-order valence-corrected chi connectivity index (χ2v) is 8.43. The molecule has 1 atom stereocenters. The van der Waals surface area contributed by atoms with Crippen molar-refractivity contribution in [1.82, 2.24) is 9.80 Å². The zero-order valence-electron chi connectivity index (χ0n) is 17.8. The fourth-order valence-electron chi connectivity index (χ4n) is 3.90. The largest absolute Gasteiger partial charge is 0.497 e. The molecule has 3 amide bonds. The standard InChI is InChI=1S/C22H28N2O6S/c1-29-17-7-6-15(18(14-17)30-2)13-19-21(27)24(22(28)31-19)11-8-20(26)23-10-4-3-5-16(23)9-12-25/h6-7,13-14,16,25H,3-5,8-12H2,1-2H3. The molecular weight excluding hydrogens is 420 g/mol. The van der Waals surface area contributed by atoms with Gasteiger partial charge in [0.1, 0.15) is 11.5 Å². The van der Waals surface area contributed by atoms with E-state index >= 15 is 0 Å². The van der Waals surface area contributed by atoms with Crippen molar-refractivity contribution in [3.63, 3.8) is 0 Å². The molecule has 0 aromatic heterocycles. The van der Waals surface area contributed by atoms with Crippen LogP contribution in [0.5, 0.6) is 11.5 Å². The molecule has 0 bridgehead atoms. The van der Waals surface area contributed by atoms with Crippen molar-refractivity contribution >= 4 is 34.9 Å². The van der Waals surface area contributed by atoms with Gasteiger partial charge in [-0.2, -0.15) is 0 Å². The Bertz CT molecular complexity index is 870. The average molecular weight is 449 g/mol. The molecule has 0 saturated carbocycles. The Morgan fingerprint density at radius 2 is 2.06 bits per heavy atom. The van der Waals surface area contributed by atoms with Gasteiger partial charge >= 0.3 is 0 Å². The third-order valence-corrected chi connectivity index (χ3v) is 6.47. The number of imide groups is 1. The highest BCUT2D eigenvalue weighted by Crippen LogP contribution is 2.35. The molecule has 1 aromatic rings. The number of hydrogen-bond acceptors (Lipinski definition) is 7. The summed E-state index contributed by atoms with van der Waals surface area (Å²) in [4.78, 5) is 41.1. The number of methoxy groups -OCH3 is 2. The number of aliphatic hydroxyl groups is 1. The Morgan fingerprint density at radius 1 is 1.26 bits per heavy atom. The topological polar surface area (TPSA) is 96.4 Å². The molecule has 1 unspecified atom stereocenters. The maximum Gasteiger partial charge on any atom is 0.293 e. The number of nitrogens with zero attached hydrogens (tertiary/aromatic N) is 2. The minimum Gasteiger partial charge on any atom is -0.497 e. The van der Waals surface area contributed by atoms with Crippen molar-refractivity contribution in [1.29, 1.82) is 0 Å². The lowest BCUT2D eigenvalue weighted by Crippen LogP contribution is -2.45. The van der Waals surface area contributed by atoms with E-state index in [2.05, 4.69) is 0 Å². The second-order valence-electron chi connectivity index (χ2n) is 7.44. The molecule has 31 heavy (non-hydrogen) atoms. The first-order valence-electron chi connectivity index (χ1n) is 10.4. The predicted molar refractivity (Wildman–Crippen MR) is 118 cm³/mol. The summed E-state index contributed by atoms with van der Waals surface area (Å²) in [6, 6.07) is 5.24. The van der Waals surface area contributed by atoms with Crippen LogP contribution in [0.1, 0.15) is 37.7 Å².